The molecule has 0 aliphatic carbocycles. The number of fused-ring (bicyclic) bond motifs is 1. The second kappa shape index (κ2) is 10.3. The molecule has 10 nitrogen and oxygen atoms in total. The molecule has 2 N–H and O–H groups in total. The molecule has 0 spiro atoms. The monoisotopic (exact) mass is 589 g/mol. The molecule has 0 unspecified atom stereocenters. The number of nitrogens with two attached hydrogens (primary N) is 1. The molecule has 1 atom stereocenters. The summed E-state index contributed by atoms with van der Waals surface area (Å²) in [6.07, 6.45) is 0.714. The van der Waals surface area contributed by atoms with Crippen molar-refractivity contribution in [1.29, 1.82) is 0 Å². The molecule has 1 saturated heterocycles. The zero-order chi connectivity index (χ0) is 28.1. The quantitative estimate of drug-likeness (QED) is 0.366. The highest BCUT2D eigenvalue weighted by Gasteiger charge is 2.30. The Kier molecular flexibility index (Phi) is 7.17. The fourth-order valence-electron chi connectivity index (χ4n) is 4.89. The number of carbonyl (C=O) groups excluding carboxylic acids is 1. The minimum Gasteiger partial charge on any atom is -0.368 e. The lowest BCUT2D eigenvalue weighted by atomic mass is 10.0. The summed E-state index contributed by atoms with van der Waals surface area (Å²) in [5, 5.41) is 0.853. The minimum atomic E-state index is -3.13. The van der Waals surface area contributed by atoms with E-state index in [9.17, 15) is 22.8 Å². The molecule has 5 rings (SSSR count). The summed E-state index contributed by atoms with van der Waals surface area (Å²) in [7, 11) is -3.13. The first kappa shape index (κ1) is 27.2. The van der Waals surface area contributed by atoms with E-state index in [4.69, 9.17) is 33.9 Å². The second-order valence-corrected chi connectivity index (χ2v) is 12.8. The van der Waals surface area contributed by atoms with Crippen molar-refractivity contribution >= 4 is 50.1 Å². The summed E-state index contributed by atoms with van der Waals surface area (Å²) < 4.78 is 27.8. The van der Waals surface area contributed by atoms with Crippen molar-refractivity contribution in [2.24, 2.45) is 11.7 Å². The summed E-state index contributed by atoms with van der Waals surface area (Å²) in [6.45, 7) is 1.49. The van der Waals surface area contributed by atoms with Gasteiger partial charge < -0.3 is 5.73 Å². The fraction of sp³-hybridized carbons (Fsp3) is 0.308. The van der Waals surface area contributed by atoms with Gasteiger partial charge in [-0.1, -0.05) is 35.3 Å². The highest BCUT2D eigenvalue weighted by Crippen LogP contribution is 2.32. The van der Waals surface area contributed by atoms with Crippen LogP contribution in [-0.2, 0) is 21.2 Å². The first-order valence-corrected chi connectivity index (χ1v) is 14.8. The molecule has 1 amide bonds. The van der Waals surface area contributed by atoms with Crippen LogP contribution in [0.15, 0.2) is 58.1 Å². The molecule has 0 radical (unpaired) electrons. The minimum absolute atomic E-state index is 0.0109. The smallest absolute Gasteiger partial charge is 0.333 e. The van der Waals surface area contributed by atoms with Gasteiger partial charge >= 0.3 is 5.69 Å². The van der Waals surface area contributed by atoms with Crippen molar-refractivity contribution in [2.45, 2.75) is 32.4 Å². The number of imidazole rings is 1. The van der Waals surface area contributed by atoms with E-state index >= 15 is 0 Å². The summed E-state index contributed by atoms with van der Waals surface area (Å²) >= 11 is 12.7. The Hall–Kier alpha value is -3.41. The van der Waals surface area contributed by atoms with Crippen LogP contribution in [0.5, 0.6) is 0 Å². The van der Waals surface area contributed by atoms with Gasteiger partial charge in [0.2, 0.25) is 5.91 Å². The Morgan fingerprint density at radius 2 is 1.72 bits per heavy atom. The number of carbonyl (C=O) groups is 1. The molecule has 0 bridgehead atoms. The average molecular weight is 590 g/mol. The van der Waals surface area contributed by atoms with Crippen LogP contribution < -0.4 is 17.0 Å². The van der Waals surface area contributed by atoms with Gasteiger partial charge in [0.15, 0.2) is 11.2 Å². The molecule has 2 aromatic heterocycles. The third-order valence-corrected chi connectivity index (χ3v) is 9.38. The maximum Gasteiger partial charge on any atom is 0.333 e. The molecule has 4 aromatic rings. The molecule has 204 valence electrons. The second-order valence-electron chi connectivity index (χ2n) is 9.64. The van der Waals surface area contributed by atoms with Gasteiger partial charge in [-0.15, -0.1) is 0 Å². The zero-order valence-corrected chi connectivity index (χ0v) is 23.2. The van der Waals surface area contributed by atoms with Crippen molar-refractivity contribution in [2.75, 3.05) is 11.5 Å². The van der Waals surface area contributed by atoms with Crippen LogP contribution in [0.1, 0.15) is 25.8 Å². The number of amides is 1. The van der Waals surface area contributed by atoms with Gasteiger partial charge in [-0.3, -0.25) is 18.7 Å². The molecule has 2 aromatic carbocycles. The van der Waals surface area contributed by atoms with E-state index in [1.54, 1.807) is 53.1 Å². The van der Waals surface area contributed by atoms with Crippen LogP contribution in [0.4, 0.5) is 0 Å². The predicted octanol–water partition coefficient (Wildman–Crippen LogP) is 3.19. The number of nitrogens with zero attached hydrogens (tertiary/aromatic N) is 4. The van der Waals surface area contributed by atoms with Gasteiger partial charge in [0.1, 0.15) is 21.7 Å². The molecule has 1 aliphatic rings. The molecule has 3 heterocycles. The van der Waals surface area contributed by atoms with Gasteiger partial charge in [-0.2, -0.15) is 0 Å². The Bertz CT molecular complexity index is 1810. The van der Waals surface area contributed by atoms with Gasteiger partial charge in [0.05, 0.1) is 16.5 Å². The molecule has 13 heteroatoms. The largest absolute Gasteiger partial charge is 0.368 e. The van der Waals surface area contributed by atoms with Gasteiger partial charge in [0, 0.05) is 22.8 Å². The molecular weight excluding hydrogens is 565 g/mol. The Labute approximate surface area is 233 Å². The predicted molar refractivity (Wildman–Crippen MR) is 150 cm³/mol. The van der Waals surface area contributed by atoms with E-state index in [1.807, 2.05) is 0 Å². The van der Waals surface area contributed by atoms with E-state index < -0.39 is 33.0 Å². The van der Waals surface area contributed by atoms with Crippen LogP contribution in [0.25, 0.3) is 28.2 Å². The Morgan fingerprint density at radius 1 is 1.08 bits per heavy atom. The van der Waals surface area contributed by atoms with Gasteiger partial charge in [-0.25, -0.2) is 22.8 Å². The number of benzene rings is 2. The topological polar surface area (TPSA) is 139 Å². The lowest BCUT2D eigenvalue weighted by Gasteiger charge is -2.23. The molecule has 1 aliphatic heterocycles. The average Bonchev–Trinajstić information content (AvgIpc) is 3.28. The number of hydrogen-bond acceptors (Lipinski definition) is 6. The van der Waals surface area contributed by atoms with Crippen molar-refractivity contribution < 1.29 is 13.2 Å². The van der Waals surface area contributed by atoms with Crippen LogP contribution in [0, 0.1) is 5.92 Å². The van der Waals surface area contributed by atoms with Crippen molar-refractivity contribution in [3.63, 3.8) is 0 Å². The summed E-state index contributed by atoms with van der Waals surface area (Å²) in [5.74, 6) is -0.686. The zero-order valence-electron chi connectivity index (χ0n) is 20.9. The molecule has 0 saturated carbocycles. The van der Waals surface area contributed by atoms with Crippen molar-refractivity contribution in [3.8, 4) is 17.1 Å². The van der Waals surface area contributed by atoms with E-state index in [-0.39, 0.29) is 35.1 Å². The van der Waals surface area contributed by atoms with Crippen LogP contribution in [0.3, 0.4) is 0 Å². The third-order valence-electron chi connectivity index (χ3n) is 7.09. The Balaban J connectivity index is 1.87. The van der Waals surface area contributed by atoms with Crippen LogP contribution in [0.2, 0.25) is 10.0 Å². The SMILES string of the molecule is C[C@@H](C(N)=O)n1c(=O)c2c(nc(-c3ccccc3Cl)n2-c2ccc(Cl)cc2)n(CC2CCS(=O)(=O)CC2)c1=O. The number of aromatic nitrogens is 4. The molecule has 39 heavy (non-hydrogen) atoms. The first-order valence-electron chi connectivity index (χ1n) is 12.3. The normalized spacial score (nSPS) is 16.4. The number of halogens is 2. The molecule has 1 fully saturated rings. The van der Waals surface area contributed by atoms with Gasteiger partial charge in [0.25, 0.3) is 5.56 Å². The number of rotatable bonds is 6. The van der Waals surface area contributed by atoms with E-state index in [0.29, 0.717) is 40.0 Å². The fourth-order valence-corrected chi connectivity index (χ4v) is 6.82. The lowest BCUT2D eigenvalue weighted by molar-refractivity contribution is -0.120. The number of hydrogen-bond donors (Lipinski definition) is 1. The Morgan fingerprint density at radius 3 is 2.33 bits per heavy atom. The molecular formula is C26H25Cl2N5O5S. The summed E-state index contributed by atoms with van der Waals surface area (Å²) in [4.78, 5) is 44.7. The maximum atomic E-state index is 14.0. The van der Waals surface area contributed by atoms with E-state index in [0.717, 1.165) is 4.57 Å². The standard InChI is InChI=1S/C26H25Cl2N5O5S/c1-15(22(29)34)32-25(35)21-24(31(26(32)36)14-16-10-12-39(37,38)13-11-16)30-23(19-4-2-3-5-20(19)28)33(21)18-8-6-17(27)7-9-18/h2-9,15-16H,10-14H2,1H3,(H2,29,34)/t15-/m0/s1. The van der Waals surface area contributed by atoms with Gasteiger partial charge in [-0.05, 0) is 62.1 Å². The lowest BCUT2D eigenvalue weighted by Crippen LogP contribution is -2.46. The van der Waals surface area contributed by atoms with Crippen LogP contribution >= 0.6 is 23.2 Å². The van der Waals surface area contributed by atoms with Crippen molar-refractivity contribution in [3.05, 3.63) is 79.4 Å². The van der Waals surface area contributed by atoms with Crippen molar-refractivity contribution in [1.82, 2.24) is 18.7 Å². The summed E-state index contributed by atoms with van der Waals surface area (Å²) in [6, 6.07) is 12.4. The maximum absolute atomic E-state index is 14.0. The first-order chi connectivity index (χ1) is 18.5. The third kappa shape index (κ3) is 5.02. The summed E-state index contributed by atoms with van der Waals surface area (Å²) in [5.41, 5.74) is 5.21. The van der Waals surface area contributed by atoms with Crippen LogP contribution in [-0.4, -0.2) is 44.5 Å². The highest BCUT2D eigenvalue weighted by atomic mass is 35.5. The van der Waals surface area contributed by atoms with E-state index in [1.165, 1.54) is 11.5 Å². The van der Waals surface area contributed by atoms with E-state index in [2.05, 4.69) is 0 Å². The number of primary amides is 1. The number of sulfone groups is 1. The highest BCUT2D eigenvalue weighted by molar-refractivity contribution is 7.91.